The number of ether oxygens (including phenoxy) is 1. The Morgan fingerprint density at radius 3 is 2.38 bits per heavy atom. The fraction of sp³-hybridized carbons (Fsp3) is 0.364. The normalized spacial score (nSPS) is 8.23. The molecule has 2 heteroatoms. The molecule has 1 aromatic carbocycles. The zero-order valence-corrected chi connectivity index (χ0v) is 11.8. The predicted octanol–water partition coefficient (Wildman–Crippen LogP) is 3.01. The molecule has 0 aliphatic carbocycles. The van der Waals surface area contributed by atoms with Crippen LogP contribution in [0.4, 0.5) is 0 Å². The Kier molecular flexibility index (Phi) is 9.02. The minimum absolute atomic E-state index is 0. The van der Waals surface area contributed by atoms with Crippen molar-refractivity contribution < 1.29 is 37.4 Å². The molecule has 0 saturated carbocycles. The van der Waals surface area contributed by atoms with Gasteiger partial charge in [-0.3, -0.25) is 0 Å². The van der Waals surface area contributed by atoms with Crippen molar-refractivity contribution >= 4 is 0 Å². The van der Waals surface area contributed by atoms with E-state index in [1.807, 2.05) is 0 Å². The van der Waals surface area contributed by atoms with Gasteiger partial charge in [-0.25, -0.2) is 0 Å². The second-order valence-corrected chi connectivity index (χ2v) is 2.67. The molecule has 0 aliphatic rings. The Balaban J connectivity index is 0. The van der Waals surface area contributed by atoms with Gasteiger partial charge in [-0.2, -0.15) is 0 Å². The third-order valence-electron chi connectivity index (χ3n) is 1.82. The Morgan fingerprint density at radius 2 is 1.92 bits per heavy atom. The molecule has 1 radical (unpaired) electrons. The minimum Gasteiger partial charge on any atom is -0.496 e. The Bertz CT molecular complexity index is 246. The fourth-order valence-corrected chi connectivity index (χ4v) is 1.14. The van der Waals surface area contributed by atoms with Crippen molar-refractivity contribution in [3.8, 4) is 5.75 Å². The van der Waals surface area contributed by atoms with E-state index in [-0.39, 0.29) is 40.1 Å². The number of hydrogen-bond donors (Lipinski definition) is 0. The molecule has 1 nitrogen and oxygen atoms in total. The summed E-state index contributed by atoms with van der Waals surface area (Å²) in [7, 11) is 1.72. The topological polar surface area (TPSA) is 9.23 Å². The molecule has 0 amide bonds. The van der Waals surface area contributed by atoms with Gasteiger partial charge < -0.3 is 12.2 Å². The summed E-state index contributed by atoms with van der Waals surface area (Å²) in [5.41, 5.74) is 2.53. The van der Waals surface area contributed by atoms with Crippen molar-refractivity contribution in [1.29, 1.82) is 0 Å². The van der Waals surface area contributed by atoms with Crippen LogP contribution < -0.4 is 4.74 Å². The first kappa shape index (κ1) is 15.6. The van der Waals surface area contributed by atoms with Gasteiger partial charge in [0.15, 0.2) is 0 Å². The molecule has 0 bridgehead atoms. The summed E-state index contributed by atoms with van der Waals surface area (Å²) in [5.74, 6) is 1.01. The third kappa shape index (κ3) is 4.24. The monoisotopic (exact) mass is 254 g/mol. The van der Waals surface area contributed by atoms with Crippen LogP contribution in [0, 0.1) is 14.4 Å². The van der Waals surface area contributed by atoms with Crippen LogP contribution in [0.25, 0.3) is 0 Å². The van der Waals surface area contributed by atoms with E-state index in [0.717, 1.165) is 12.2 Å². The molecule has 0 fully saturated rings. The summed E-state index contributed by atoms with van der Waals surface area (Å²) in [6.45, 7) is 4.20. The minimum atomic E-state index is 0. The number of methoxy groups -OCH3 is 1. The molecule has 0 atom stereocenters. The van der Waals surface area contributed by atoms with Gasteiger partial charge in [0.05, 0.1) is 7.11 Å². The molecule has 0 N–H and O–H groups in total. The molecule has 0 aromatic heterocycles. The molecular formula is C11H17OY-. The zero-order chi connectivity index (χ0) is 8.27. The predicted molar refractivity (Wildman–Crippen MR) is 53.5 cm³/mol. The molecule has 71 valence electrons. The van der Waals surface area contributed by atoms with E-state index in [0.29, 0.717) is 0 Å². The number of aryl methyl sites for hydroxylation is 2. The van der Waals surface area contributed by atoms with Crippen LogP contribution in [-0.4, -0.2) is 7.11 Å². The quantitative estimate of drug-likeness (QED) is 0.737. The van der Waals surface area contributed by atoms with E-state index < -0.39 is 0 Å². The second-order valence-electron chi connectivity index (χ2n) is 2.67. The first-order valence-electron chi connectivity index (χ1n) is 3.91. The summed E-state index contributed by atoms with van der Waals surface area (Å²) in [6, 6.07) is 6.30. The standard InChI is InChI=1S/C10H14O.CH3.Y/c1-4-9-6-5-8(2)7-10(9)11-3;;/h5-7H,4H2,1-3H3;1H3;/q;-1;. The average Bonchev–Trinajstić information content (AvgIpc) is 2.04. The molecule has 0 saturated heterocycles. The van der Waals surface area contributed by atoms with E-state index in [9.17, 15) is 0 Å². The van der Waals surface area contributed by atoms with E-state index in [4.69, 9.17) is 4.74 Å². The molecule has 1 aromatic rings. The van der Waals surface area contributed by atoms with Gasteiger partial charge in [0.25, 0.3) is 0 Å². The summed E-state index contributed by atoms with van der Waals surface area (Å²) in [6.07, 6.45) is 1.03. The van der Waals surface area contributed by atoms with Gasteiger partial charge in [0.2, 0.25) is 0 Å². The van der Waals surface area contributed by atoms with Crippen molar-refractivity contribution in [2.24, 2.45) is 0 Å². The largest absolute Gasteiger partial charge is 0.496 e. The Labute approximate surface area is 107 Å². The third-order valence-corrected chi connectivity index (χ3v) is 1.82. The summed E-state index contributed by atoms with van der Waals surface area (Å²) in [5, 5.41) is 0. The van der Waals surface area contributed by atoms with Crippen LogP contribution >= 0.6 is 0 Å². The smallest absolute Gasteiger partial charge is 0.122 e. The molecular weight excluding hydrogens is 237 g/mol. The molecule has 13 heavy (non-hydrogen) atoms. The van der Waals surface area contributed by atoms with Crippen LogP contribution in [-0.2, 0) is 39.1 Å². The summed E-state index contributed by atoms with van der Waals surface area (Å²) >= 11 is 0. The van der Waals surface area contributed by atoms with Crippen molar-refractivity contribution in [2.45, 2.75) is 20.3 Å². The zero-order valence-electron chi connectivity index (χ0n) is 8.92. The van der Waals surface area contributed by atoms with Gasteiger partial charge in [-0.15, -0.1) is 0 Å². The number of hydrogen-bond acceptors (Lipinski definition) is 1. The second kappa shape index (κ2) is 7.52. The molecule has 0 unspecified atom stereocenters. The van der Waals surface area contributed by atoms with E-state index >= 15 is 0 Å². The summed E-state index contributed by atoms with van der Waals surface area (Å²) in [4.78, 5) is 0. The van der Waals surface area contributed by atoms with Crippen molar-refractivity contribution in [2.75, 3.05) is 7.11 Å². The molecule has 1 rings (SSSR count). The first-order chi connectivity index (χ1) is 5.27. The molecule has 0 aliphatic heterocycles. The Hall–Kier alpha value is 0.124. The fourth-order valence-electron chi connectivity index (χ4n) is 1.14. The van der Waals surface area contributed by atoms with E-state index in [1.165, 1.54) is 11.1 Å². The number of benzene rings is 1. The maximum absolute atomic E-state index is 5.22. The van der Waals surface area contributed by atoms with Crippen LogP contribution in [0.1, 0.15) is 18.1 Å². The maximum atomic E-state index is 5.22. The van der Waals surface area contributed by atoms with Gasteiger partial charge in [-0.1, -0.05) is 19.1 Å². The average molecular weight is 254 g/mol. The number of rotatable bonds is 2. The van der Waals surface area contributed by atoms with Crippen molar-refractivity contribution in [3.63, 3.8) is 0 Å². The van der Waals surface area contributed by atoms with Crippen molar-refractivity contribution in [3.05, 3.63) is 36.8 Å². The van der Waals surface area contributed by atoms with E-state index in [1.54, 1.807) is 7.11 Å². The Morgan fingerprint density at radius 1 is 1.31 bits per heavy atom. The first-order valence-corrected chi connectivity index (χ1v) is 3.91. The van der Waals surface area contributed by atoms with Crippen LogP contribution in [0.5, 0.6) is 5.75 Å². The SMILES string of the molecule is CCc1ccc(C)cc1OC.[CH3-].[Y]. The molecule has 0 spiro atoms. The van der Waals surface area contributed by atoms with Crippen LogP contribution in [0.2, 0.25) is 0 Å². The van der Waals surface area contributed by atoms with Gasteiger partial charge in [-0.05, 0) is 30.5 Å². The van der Waals surface area contributed by atoms with Gasteiger partial charge >= 0.3 is 0 Å². The van der Waals surface area contributed by atoms with Crippen molar-refractivity contribution in [1.82, 2.24) is 0 Å². The summed E-state index contributed by atoms with van der Waals surface area (Å²) < 4.78 is 5.22. The van der Waals surface area contributed by atoms with Crippen LogP contribution in [0.15, 0.2) is 18.2 Å². The van der Waals surface area contributed by atoms with E-state index in [2.05, 4.69) is 32.0 Å². The maximum Gasteiger partial charge on any atom is 0.122 e. The van der Waals surface area contributed by atoms with Crippen LogP contribution in [0.3, 0.4) is 0 Å². The van der Waals surface area contributed by atoms with Gasteiger partial charge in [0.1, 0.15) is 5.75 Å². The molecule has 0 heterocycles. The van der Waals surface area contributed by atoms with Gasteiger partial charge in [0, 0.05) is 32.7 Å².